The minimum absolute atomic E-state index is 0.0550. The van der Waals surface area contributed by atoms with Gasteiger partial charge in [-0.2, -0.15) is 0 Å². The molecule has 0 rings (SSSR count). The Bertz CT molecular complexity index is 75.3. The molecule has 38 valence electrons. The molecule has 0 fully saturated rings. The Morgan fingerprint density at radius 3 is 2.43 bits per heavy atom. The summed E-state index contributed by atoms with van der Waals surface area (Å²) in [6, 6.07) is 0. The molecule has 0 bridgehead atoms. The second-order valence-corrected chi connectivity index (χ2v) is 2.52. The van der Waals surface area contributed by atoms with Crippen LogP contribution < -0.4 is 0 Å². The standard InChI is InChI=1S/C3H5BINO/c1-6(5)3(7)2-4/h2H2,1H3. The number of amides is 1. The molecular weight excluding hydrogens is 204 g/mol. The van der Waals surface area contributed by atoms with E-state index < -0.39 is 0 Å². The normalized spacial score (nSPS) is 8.29. The number of carbonyl (C=O) groups is 1. The molecule has 4 heteroatoms. The fourth-order valence-electron chi connectivity index (χ4n) is 0.126. The minimum Gasteiger partial charge on any atom is -0.289 e. The number of nitrogens with zero attached hydrogens (tertiary/aromatic N) is 1. The van der Waals surface area contributed by atoms with Crippen LogP contribution in [0.2, 0.25) is 6.32 Å². The van der Waals surface area contributed by atoms with E-state index in [4.69, 9.17) is 7.85 Å². The lowest BCUT2D eigenvalue weighted by Gasteiger charge is -2.02. The fraction of sp³-hybridized carbons (Fsp3) is 0.667. The van der Waals surface area contributed by atoms with Gasteiger partial charge in [0.2, 0.25) is 5.91 Å². The molecule has 7 heavy (non-hydrogen) atoms. The van der Waals surface area contributed by atoms with Crippen molar-refractivity contribution in [1.82, 2.24) is 3.11 Å². The molecule has 0 saturated carbocycles. The van der Waals surface area contributed by atoms with E-state index in [1.807, 2.05) is 22.9 Å². The van der Waals surface area contributed by atoms with Crippen LogP contribution in [0.5, 0.6) is 0 Å². The van der Waals surface area contributed by atoms with Crippen LogP contribution in [0.25, 0.3) is 0 Å². The molecule has 0 heterocycles. The first-order chi connectivity index (χ1) is 3.18. The Morgan fingerprint density at radius 1 is 2.00 bits per heavy atom. The molecule has 0 N–H and O–H groups in total. The summed E-state index contributed by atoms with van der Waals surface area (Å²) in [6.07, 6.45) is 0.0967. The van der Waals surface area contributed by atoms with Crippen molar-refractivity contribution < 1.29 is 4.79 Å². The Balaban J connectivity index is 3.35. The van der Waals surface area contributed by atoms with Crippen molar-refractivity contribution in [2.75, 3.05) is 7.05 Å². The first-order valence-electron chi connectivity index (χ1n) is 1.81. The Morgan fingerprint density at radius 2 is 2.43 bits per heavy atom. The summed E-state index contributed by atoms with van der Waals surface area (Å²) in [6.45, 7) is 0. The van der Waals surface area contributed by atoms with Gasteiger partial charge in [-0.15, -0.1) is 0 Å². The predicted octanol–water partition coefficient (Wildman–Crippen LogP) is 0.382. The highest BCUT2D eigenvalue weighted by molar-refractivity contribution is 14.1. The molecule has 0 aliphatic carbocycles. The third kappa shape index (κ3) is 2.90. The van der Waals surface area contributed by atoms with Crippen LogP contribution in [-0.2, 0) is 4.79 Å². The summed E-state index contributed by atoms with van der Waals surface area (Å²) in [7, 11) is 6.64. The number of carbonyl (C=O) groups excluding carboxylic acids is 1. The van der Waals surface area contributed by atoms with Gasteiger partial charge in [-0.25, -0.2) is 0 Å². The zero-order valence-electron chi connectivity index (χ0n) is 4.02. The van der Waals surface area contributed by atoms with Crippen LogP contribution in [-0.4, -0.2) is 23.9 Å². The predicted molar refractivity (Wildman–Crippen MR) is 37.4 cm³/mol. The van der Waals surface area contributed by atoms with Crippen molar-refractivity contribution in [2.24, 2.45) is 0 Å². The molecule has 0 aromatic carbocycles. The van der Waals surface area contributed by atoms with Crippen molar-refractivity contribution in [3.05, 3.63) is 0 Å². The summed E-state index contributed by atoms with van der Waals surface area (Å²) >= 11 is 1.87. The van der Waals surface area contributed by atoms with Crippen LogP contribution in [0, 0.1) is 0 Å². The summed E-state index contributed by atoms with van der Waals surface area (Å²) in [4.78, 5) is 10.3. The maximum absolute atomic E-state index is 10.3. The average molecular weight is 209 g/mol. The summed E-state index contributed by atoms with van der Waals surface area (Å²) in [5.41, 5.74) is 0. The molecule has 0 aliphatic rings. The summed E-state index contributed by atoms with van der Waals surface area (Å²) in [5.74, 6) is -0.0550. The highest BCUT2D eigenvalue weighted by Gasteiger charge is 1.97. The Labute approximate surface area is 58.2 Å². The first kappa shape index (κ1) is 7.26. The van der Waals surface area contributed by atoms with Crippen molar-refractivity contribution in [2.45, 2.75) is 6.32 Å². The number of halogens is 1. The van der Waals surface area contributed by atoms with Crippen molar-refractivity contribution >= 4 is 36.6 Å². The molecule has 0 atom stereocenters. The van der Waals surface area contributed by atoms with Gasteiger partial charge in [-0.1, -0.05) is 0 Å². The monoisotopic (exact) mass is 209 g/mol. The molecule has 0 unspecified atom stereocenters. The van der Waals surface area contributed by atoms with E-state index >= 15 is 0 Å². The van der Waals surface area contributed by atoms with Gasteiger partial charge in [0.1, 0.15) is 0 Å². The van der Waals surface area contributed by atoms with E-state index in [1.165, 1.54) is 3.11 Å². The van der Waals surface area contributed by atoms with Crippen LogP contribution >= 0.6 is 22.9 Å². The Kier molecular flexibility index (Phi) is 3.41. The van der Waals surface area contributed by atoms with Gasteiger partial charge in [0.15, 0.2) is 0 Å². The lowest BCUT2D eigenvalue weighted by Crippen LogP contribution is -2.13. The number of rotatable bonds is 1. The van der Waals surface area contributed by atoms with Crippen LogP contribution in [0.4, 0.5) is 0 Å². The lowest BCUT2D eigenvalue weighted by molar-refractivity contribution is -0.122. The fourth-order valence-corrected chi connectivity index (χ4v) is 0.323. The zero-order valence-corrected chi connectivity index (χ0v) is 6.18. The van der Waals surface area contributed by atoms with Crippen LogP contribution in [0.15, 0.2) is 0 Å². The average Bonchev–Trinajstić information content (AvgIpc) is 1.65. The number of hydrogen-bond acceptors (Lipinski definition) is 1. The van der Waals surface area contributed by atoms with E-state index in [1.54, 1.807) is 7.05 Å². The molecule has 0 spiro atoms. The second-order valence-electron chi connectivity index (χ2n) is 1.08. The minimum atomic E-state index is -0.0550. The molecule has 1 amide bonds. The molecule has 0 saturated heterocycles. The van der Waals surface area contributed by atoms with Gasteiger partial charge in [-0.3, -0.25) is 7.91 Å². The van der Waals surface area contributed by atoms with E-state index in [0.29, 0.717) is 0 Å². The number of hydrogen-bond donors (Lipinski definition) is 0. The third-order valence-corrected chi connectivity index (χ3v) is 1.06. The largest absolute Gasteiger partial charge is 0.289 e. The van der Waals surface area contributed by atoms with Gasteiger partial charge in [0, 0.05) is 7.05 Å². The SMILES string of the molecule is [B]CC(=O)N(C)I. The topological polar surface area (TPSA) is 20.3 Å². The molecule has 0 aliphatic heterocycles. The second kappa shape index (κ2) is 3.29. The molecule has 0 aromatic rings. The first-order valence-corrected chi connectivity index (χ1v) is 2.77. The van der Waals surface area contributed by atoms with E-state index in [0.717, 1.165) is 0 Å². The van der Waals surface area contributed by atoms with Gasteiger partial charge < -0.3 is 0 Å². The smallest absolute Gasteiger partial charge is 0.222 e. The van der Waals surface area contributed by atoms with Crippen molar-refractivity contribution in [3.63, 3.8) is 0 Å². The van der Waals surface area contributed by atoms with E-state index in [-0.39, 0.29) is 12.2 Å². The van der Waals surface area contributed by atoms with Gasteiger partial charge in [0.05, 0.1) is 30.7 Å². The molecule has 0 aromatic heterocycles. The highest BCUT2D eigenvalue weighted by Crippen LogP contribution is 1.94. The van der Waals surface area contributed by atoms with Crippen LogP contribution in [0.1, 0.15) is 0 Å². The highest BCUT2D eigenvalue weighted by atomic mass is 127. The molecule has 2 nitrogen and oxygen atoms in total. The van der Waals surface area contributed by atoms with E-state index in [9.17, 15) is 4.79 Å². The maximum Gasteiger partial charge on any atom is 0.222 e. The van der Waals surface area contributed by atoms with Crippen molar-refractivity contribution in [1.29, 1.82) is 0 Å². The maximum atomic E-state index is 10.3. The zero-order chi connectivity index (χ0) is 5.86. The van der Waals surface area contributed by atoms with Crippen LogP contribution in [0.3, 0.4) is 0 Å². The lowest BCUT2D eigenvalue weighted by atomic mass is 10.1. The molecular formula is C3H5BINO. The molecule has 2 radical (unpaired) electrons. The van der Waals surface area contributed by atoms with E-state index in [2.05, 4.69) is 0 Å². The summed E-state index contributed by atoms with van der Waals surface area (Å²) < 4.78 is 1.43. The van der Waals surface area contributed by atoms with Gasteiger partial charge in [-0.05, 0) is 6.32 Å². The van der Waals surface area contributed by atoms with Gasteiger partial charge >= 0.3 is 0 Å². The van der Waals surface area contributed by atoms with Crippen molar-refractivity contribution in [3.8, 4) is 0 Å². The summed E-state index contributed by atoms with van der Waals surface area (Å²) in [5, 5.41) is 0. The Hall–Kier alpha value is 0.265. The third-order valence-electron chi connectivity index (χ3n) is 0.518. The quantitative estimate of drug-likeness (QED) is 0.347. The van der Waals surface area contributed by atoms with Gasteiger partial charge in [0.25, 0.3) is 0 Å².